The molecule has 0 bridgehead atoms. The fourth-order valence-electron chi connectivity index (χ4n) is 6.06. The third kappa shape index (κ3) is 5.35. The second-order valence-electron chi connectivity index (χ2n) is 11.2. The summed E-state index contributed by atoms with van der Waals surface area (Å²) < 4.78 is 2.00. The van der Waals surface area contributed by atoms with Crippen LogP contribution in [0.2, 0.25) is 0 Å². The number of allylic oxidation sites excluding steroid dienone is 1. The van der Waals surface area contributed by atoms with Gasteiger partial charge in [-0.05, 0) is 55.7 Å². The van der Waals surface area contributed by atoms with Crippen molar-refractivity contribution in [3.05, 3.63) is 148 Å². The van der Waals surface area contributed by atoms with Crippen LogP contribution in [0.5, 0.6) is 0 Å². The quantitative estimate of drug-likeness (QED) is 0.145. The number of para-hydroxylation sites is 1. The van der Waals surface area contributed by atoms with Gasteiger partial charge in [-0.2, -0.15) is 5.10 Å². The lowest BCUT2D eigenvalue weighted by atomic mass is 9.87. The van der Waals surface area contributed by atoms with Crippen LogP contribution in [0.3, 0.4) is 0 Å². The number of aryl methyl sites for hydroxylation is 1. The number of hydrogen-bond acceptors (Lipinski definition) is 6. The molecule has 1 aliphatic heterocycles. The van der Waals surface area contributed by atoms with Crippen molar-refractivity contribution in [1.29, 1.82) is 0 Å². The number of rotatable bonds is 7. The summed E-state index contributed by atoms with van der Waals surface area (Å²) in [4.78, 5) is 27.2. The number of aromatic nitrogens is 2. The van der Waals surface area contributed by atoms with Crippen molar-refractivity contribution in [2.45, 2.75) is 43.0 Å². The molecule has 0 saturated heterocycles. The molecule has 2 aliphatic rings. The molecule has 2 N–H and O–H groups in total. The highest BCUT2D eigenvalue weighted by molar-refractivity contribution is 7.98. The Kier molecular flexibility index (Phi) is 7.62. The molecule has 0 amide bonds. The fraction of sp³-hybridized carbons (Fsp3) is 0.162. The summed E-state index contributed by atoms with van der Waals surface area (Å²) in [6.45, 7) is 2.02. The molecule has 1 atom stereocenters. The number of nitrogens with zero attached hydrogens (tertiary/aromatic N) is 2. The summed E-state index contributed by atoms with van der Waals surface area (Å²) in [5, 5.41) is 13.4. The van der Waals surface area contributed by atoms with Crippen LogP contribution in [0.1, 0.15) is 58.0 Å². The van der Waals surface area contributed by atoms with E-state index in [1.54, 1.807) is 11.8 Å². The van der Waals surface area contributed by atoms with Crippen LogP contribution < -0.4 is 10.6 Å². The Morgan fingerprint density at radius 2 is 1.57 bits per heavy atom. The van der Waals surface area contributed by atoms with Crippen LogP contribution in [0, 0.1) is 6.92 Å². The second-order valence-corrected chi connectivity index (χ2v) is 12.1. The number of hydrogen-bond donors (Lipinski definition) is 2. The van der Waals surface area contributed by atoms with Crippen LogP contribution in [0.4, 0.5) is 11.4 Å². The predicted octanol–water partition coefficient (Wildman–Crippen LogP) is 8.29. The first-order valence-corrected chi connectivity index (χ1v) is 15.9. The van der Waals surface area contributed by atoms with E-state index in [-0.39, 0.29) is 11.6 Å². The van der Waals surface area contributed by atoms with E-state index in [4.69, 9.17) is 5.10 Å². The average molecular weight is 597 g/mol. The van der Waals surface area contributed by atoms with Gasteiger partial charge >= 0.3 is 0 Å². The lowest BCUT2D eigenvalue weighted by molar-refractivity contribution is -0.116. The number of benzene rings is 4. The van der Waals surface area contributed by atoms with Gasteiger partial charge in [-0.1, -0.05) is 78.9 Å². The van der Waals surface area contributed by atoms with Gasteiger partial charge in [0.1, 0.15) is 5.03 Å². The molecule has 1 aliphatic carbocycles. The highest BCUT2D eigenvalue weighted by Crippen LogP contribution is 2.45. The summed E-state index contributed by atoms with van der Waals surface area (Å²) in [6.07, 6.45) is 2.09. The third-order valence-corrected chi connectivity index (χ3v) is 9.36. The molecule has 2 heterocycles. The fourth-order valence-corrected chi connectivity index (χ4v) is 7.25. The van der Waals surface area contributed by atoms with Gasteiger partial charge in [0.25, 0.3) is 0 Å². The minimum atomic E-state index is -0.440. The van der Waals surface area contributed by atoms with E-state index in [0.29, 0.717) is 17.5 Å². The van der Waals surface area contributed by atoms with Gasteiger partial charge < -0.3 is 10.6 Å². The molecule has 5 aromatic rings. The number of Topliss-reactive ketones (excluding diaryl/α,β-unsaturated/α-hetero) is 1. The zero-order chi connectivity index (χ0) is 30.0. The lowest BCUT2D eigenvalue weighted by Gasteiger charge is -2.26. The molecule has 0 radical (unpaired) electrons. The number of carbonyl (C=O) groups excluding carboxylic acids is 2. The molecule has 1 unspecified atom stereocenters. The Bertz CT molecular complexity index is 1880. The van der Waals surface area contributed by atoms with Crippen molar-refractivity contribution >= 4 is 34.7 Å². The number of thioether (sulfide) groups is 1. The number of anilines is 2. The van der Waals surface area contributed by atoms with E-state index in [0.717, 1.165) is 63.2 Å². The largest absolute Gasteiger partial charge is 0.372 e. The highest BCUT2D eigenvalue weighted by Gasteiger charge is 2.36. The van der Waals surface area contributed by atoms with Crippen molar-refractivity contribution < 1.29 is 9.59 Å². The molecular weight excluding hydrogens is 565 g/mol. The molecule has 0 fully saturated rings. The van der Waals surface area contributed by atoms with Crippen LogP contribution >= 0.6 is 11.8 Å². The molecule has 218 valence electrons. The summed E-state index contributed by atoms with van der Waals surface area (Å²) in [6, 6.07) is 35.1. The predicted molar refractivity (Wildman–Crippen MR) is 176 cm³/mol. The average Bonchev–Trinajstić information content (AvgIpc) is 3.30. The van der Waals surface area contributed by atoms with Crippen molar-refractivity contribution in [1.82, 2.24) is 9.78 Å². The molecule has 1 aromatic heterocycles. The molecule has 0 saturated carbocycles. The van der Waals surface area contributed by atoms with Gasteiger partial charge in [0.05, 0.1) is 28.8 Å². The first-order valence-electron chi connectivity index (χ1n) is 14.9. The maximum Gasteiger partial charge on any atom is 0.193 e. The molecule has 7 heteroatoms. The topological polar surface area (TPSA) is 76.0 Å². The standard InChI is InChI=1S/C37H32N4O2S/c1-24-33(37(44-23-25-12-5-2-6-13-25)41(40-24)28-16-9-4-10-17-28)35-34-30(18-11-19-32(34)42)38-29-21-20-27(22-31(29)39-35)36(43)26-14-7-3-8-15-26/h2-10,12-17,20-22,35,38-39H,11,18-19,23H2,1H3. The van der Waals surface area contributed by atoms with Gasteiger partial charge in [-0.25, -0.2) is 4.68 Å². The minimum absolute atomic E-state index is 0.0445. The lowest BCUT2D eigenvalue weighted by Crippen LogP contribution is -2.24. The maximum absolute atomic E-state index is 13.7. The molecular formula is C37H32N4O2S. The Hall–Kier alpha value is -4.88. The molecule has 44 heavy (non-hydrogen) atoms. The first-order chi connectivity index (χ1) is 21.6. The maximum atomic E-state index is 13.7. The number of fused-ring (bicyclic) bond motifs is 1. The first kappa shape index (κ1) is 27.9. The minimum Gasteiger partial charge on any atom is -0.372 e. The Morgan fingerprint density at radius 3 is 2.32 bits per heavy atom. The molecule has 4 aromatic carbocycles. The number of ketones is 2. The normalized spacial score (nSPS) is 15.9. The Morgan fingerprint density at radius 1 is 0.864 bits per heavy atom. The summed E-state index contributed by atoms with van der Waals surface area (Å²) in [5.41, 5.74) is 8.55. The molecule has 0 spiro atoms. The summed E-state index contributed by atoms with van der Waals surface area (Å²) in [7, 11) is 0. The zero-order valence-electron chi connectivity index (χ0n) is 24.4. The van der Waals surface area contributed by atoms with Gasteiger partial charge in [0.2, 0.25) is 0 Å². The van der Waals surface area contributed by atoms with Crippen molar-refractivity contribution in [3.8, 4) is 5.69 Å². The van der Waals surface area contributed by atoms with E-state index >= 15 is 0 Å². The van der Waals surface area contributed by atoms with Gasteiger partial charge in [-0.3, -0.25) is 9.59 Å². The van der Waals surface area contributed by atoms with E-state index in [1.165, 1.54) is 5.56 Å². The van der Waals surface area contributed by atoms with Crippen LogP contribution in [0.15, 0.2) is 125 Å². The summed E-state index contributed by atoms with van der Waals surface area (Å²) in [5.74, 6) is 0.843. The third-order valence-electron chi connectivity index (χ3n) is 8.22. The Balaban J connectivity index is 1.36. The number of nitrogens with one attached hydrogen (secondary N) is 2. The van der Waals surface area contributed by atoms with Crippen molar-refractivity contribution in [3.63, 3.8) is 0 Å². The van der Waals surface area contributed by atoms with Gasteiger partial charge in [0, 0.05) is 40.1 Å². The summed E-state index contributed by atoms with van der Waals surface area (Å²) >= 11 is 1.72. The smallest absolute Gasteiger partial charge is 0.193 e. The zero-order valence-corrected chi connectivity index (χ0v) is 25.2. The van der Waals surface area contributed by atoms with Crippen molar-refractivity contribution in [2.24, 2.45) is 0 Å². The van der Waals surface area contributed by atoms with Gasteiger partial charge in [-0.15, -0.1) is 11.8 Å². The molecule has 7 rings (SSSR count). The van der Waals surface area contributed by atoms with Crippen LogP contribution in [0.25, 0.3) is 5.69 Å². The monoisotopic (exact) mass is 596 g/mol. The Labute approximate surface area is 261 Å². The molecule has 6 nitrogen and oxygen atoms in total. The van der Waals surface area contributed by atoms with E-state index < -0.39 is 6.04 Å². The second kappa shape index (κ2) is 12.0. The SMILES string of the molecule is Cc1nn(-c2ccccc2)c(SCc2ccccc2)c1C1Nc2cc(C(=O)c3ccccc3)ccc2NC2=C1C(=O)CCC2. The van der Waals surface area contributed by atoms with Gasteiger partial charge in [0.15, 0.2) is 11.6 Å². The van der Waals surface area contributed by atoms with Crippen LogP contribution in [-0.2, 0) is 10.5 Å². The van der Waals surface area contributed by atoms with Crippen molar-refractivity contribution in [2.75, 3.05) is 10.6 Å². The number of carbonyl (C=O) groups is 2. The van der Waals surface area contributed by atoms with Crippen LogP contribution in [-0.4, -0.2) is 21.3 Å². The van der Waals surface area contributed by atoms with E-state index in [2.05, 4.69) is 47.0 Å². The highest BCUT2D eigenvalue weighted by atomic mass is 32.2. The van der Waals surface area contributed by atoms with E-state index in [9.17, 15) is 9.59 Å². The van der Waals surface area contributed by atoms with E-state index in [1.807, 2.05) is 84.4 Å².